The minimum atomic E-state index is -4.33. The molecule has 0 unspecified atom stereocenters. The van der Waals surface area contributed by atoms with Gasteiger partial charge in [0.1, 0.15) is 0 Å². The van der Waals surface area contributed by atoms with Crippen molar-refractivity contribution in [1.29, 1.82) is 0 Å². The van der Waals surface area contributed by atoms with Crippen LogP contribution < -0.4 is 5.69 Å². The molecule has 0 N–H and O–H groups in total. The van der Waals surface area contributed by atoms with Crippen LogP contribution in [-0.4, -0.2) is 9.13 Å². The lowest BCUT2D eigenvalue weighted by Gasteiger charge is -2.07. The van der Waals surface area contributed by atoms with Gasteiger partial charge in [0.05, 0.1) is 12.1 Å². The largest absolute Gasteiger partial charge is 0.416 e. The van der Waals surface area contributed by atoms with Gasteiger partial charge in [0, 0.05) is 18.9 Å². The van der Waals surface area contributed by atoms with Gasteiger partial charge in [-0.05, 0) is 24.1 Å². The lowest BCUT2D eigenvalue weighted by atomic mass is 10.1. The van der Waals surface area contributed by atoms with Crippen LogP contribution in [0.2, 0.25) is 0 Å². The van der Waals surface area contributed by atoms with Crippen molar-refractivity contribution in [3.63, 3.8) is 0 Å². The zero-order chi connectivity index (χ0) is 14.8. The number of nitrogens with zero attached hydrogens (tertiary/aromatic N) is 2. The summed E-state index contributed by atoms with van der Waals surface area (Å²) in [5.74, 6) is 0. The van der Waals surface area contributed by atoms with Crippen molar-refractivity contribution in [2.24, 2.45) is 0 Å². The molecule has 0 bridgehead atoms. The highest BCUT2D eigenvalue weighted by molar-refractivity contribution is 5.24. The van der Waals surface area contributed by atoms with E-state index in [-0.39, 0.29) is 12.2 Å². The summed E-state index contributed by atoms with van der Waals surface area (Å²) in [5, 5.41) is 0. The molecule has 0 saturated heterocycles. The van der Waals surface area contributed by atoms with Gasteiger partial charge in [0.15, 0.2) is 0 Å². The third-order valence-electron chi connectivity index (χ3n) is 3.02. The van der Waals surface area contributed by atoms with Crippen molar-refractivity contribution in [2.75, 3.05) is 0 Å². The van der Waals surface area contributed by atoms with E-state index in [4.69, 9.17) is 0 Å². The number of hydrogen-bond acceptors (Lipinski definition) is 1. The molecule has 20 heavy (non-hydrogen) atoms. The number of imidazole rings is 1. The van der Waals surface area contributed by atoms with Gasteiger partial charge in [-0.15, -0.1) is 0 Å². The molecule has 2 rings (SSSR count). The molecule has 0 spiro atoms. The van der Waals surface area contributed by atoms with Gasteiger partial charge >= 0.3 is 11.9 Å². The summed E-state index contributed by atoms with van der Waals surface area (Å²) < 4.78 is 40.4. The summed E-state index contributed by atoms with van der Waals surface area (Å²) in [6.07, 6.45) is -0.143. The Morgan fingerprint density at radius 1 is 1.05 bits per heavy atom. The van der Waals surface area contributed by atoms with E-state index in [0.717, 1.165) is 18.6 Å². The summed E-state index contributed by atoms with van der Waals surface area (Å²) >= 11 is 0. The van der Waals surface area contributed by atoms with E-state index in [1.54, 1.807) is 17.0 Å². The van der Waals surface area contributed by atoms with Crippen LogP contribution in [-0.2, 0) is 19.3 Å². The van der Waals surface area contributed by atoms with E-state index in [9.17, 15) is 18.0 Å². The molecule has 1 aromatic carbocycles. The Bertz CT molecular complexity index is 623. The van der Waals surface area contributed by atoms with Crippen LogP contribution in [0.3, 0.4) is 0 Å². The number of aryl methyl sites for hydroxylation is 1. The summed E-state index contributed by atoms with van der Waals surface area (Å²) in [6, 6.07) is 4.85. The molecule has 0 aliphatic heterocycles. The van der Waals surface area contributed by atoms with Crippen LogP contribution in [0, 0.1) is 0 Å². The second-order valence-corrected chi connectivity index (χ2v) is 4.60. The number of hydrogen-bond donors (Lipinski definition) is 0. The molecule has 0 aliphatic rings. The first-order valence-electron chi connectivity index (χ1n) is 6.33. The van der Waals surface area contributed by atoms with E-state index in [1.807, 2.05) is 6.92 Å². The third-order valence-corrected chi connectivity index (χ3v) is 3.02. The summed E-state index contributed by atoms with van der Waals surface area (Å²) in [4.78, 5) is 11.9. The van der Waals surface area contributed by atoms with Crippen LogP contribution in [0.15, 0.2) is 41.5 Å². The summed E-state index contributed by atoms with van der Waals surface area (Å²) in [6.45, 7) is 2.88. The van der Waals surface area contributed by atoms with Crippen LogP contribution in [0.4, 0.5) is 13.2 Å². The highest BCUT2D eigenvalue weighted by atomic mass is 19.4. The molecule has 6 heteroatoms. The second kappa shape index (κ2) is 5.56. The molecule has 0 radical (unpaired) electrons. The minimum Gasteiger partial charge on any atom is -0.299 e. The Kier molecular flexibility index (Phi) is 4.01. The van der Waals surface area contributed by atoms with Crippen LogP contribution in [0.1, 0.15) is 24.5 Å². The fourth-order valence-electron chi connectivity index (χ4n) is 1.98. The Hall–Kier alpha value is -1.98. The maximum absolute atomic E-state index is 12.4. The van der Waals surface area contributed by atoms with Crippen molar-refractivity contribution in [3.05, 3.63) is 58.3 Å². The first kappa shape index (κ1) is 14.4. The Morgan fingerprint density at radius 2 is 1.65 bits per heavy atom. The van der Waals surface area contributed by atoms with Crippen molar-refractivity contribution >= 4 is 0 Å². The molecule has 1 heterocycles. The molecule has 0 fully saturated rings. The molecule has 0 saturated carbocycles. The quantitative estimate of drug-likeness (QED) is 0.847. The zero-order valence-electron chi connectivity index (χ0n) is 11.0. The van der Waals surface area contributed by atoms with Crippen molar-refractivity contribution in [2.45, 2.75) is 32.6 Å². The van der Waals surface area contributed by atoms with Crippen LogP contribution in [0.25, 0.3) is 0 Å². The molecule has 0 aliphatic carbocycles. The van der Waals surface area contributed by atoms with Crippen LogP contribution >= 0.6 is 0 Å². The number of benzene rings is 1. The molecule has 2 aromatic rings. The molecular formula is C14H15F3N2O. The standard InChI is InChI=1S/C14H15F3N2O/c1-2-7-18-8-9-19(13(18)20)10-11-3-5-12(6-4-11)14(15,16)17/h3-6,8-9H,2,7,10H2,1H3. The Labute approximate surface area is 114 Å². The predicted molar refractivity (Wildman–Crippen MR) is 69.5 cm³/mol. The van der Waals surface area contributed by atoms with Crippen LogP contribution in [0.5, 0.6) is 0 Å². The van der Waals surface area contributed by atoms with Gasteiger partial charge in [0.2, 0.25) is 0 Å². The first-order valence-corrected chi connectivity index (χ1v) is 6.33. The fourth-order valence-corrected chi connectivity index (χ4v) is 1.98. The highest BCUT2D eigenvalue weighted by Gasteiger charge is 2.29. The summed E-state index contributed by atoms with van der Waals surface area (Å²) in [5.41, 5.74) is -0.168. The molecular weight excluding hydrogens is 269 g/mol. The van der Waals surface area contributed by atoms with E-state index >= 15 is 0 Å². The van der Waals surface area contributed by atoms with Gasteiger partial charge in [0.25, 0.3) is 0 Å². The van der Waals surface area contributed by atoms with E-state index < -0.39 is 11.7 Å². The first-order chi connectivity index (χ1) is 9.41. The average Bonchev–Trinajstić information content (AvgIpc) is 2.72. The number of rotatable bonds is 4. The minimum absolute atomic E-state index is 0.147. The zero-order valence-corrected chi connectivity index (χ0v) is 11.0. The smallest absolute Gasteiger partial charge is 0.299 e. The number of alkyl halides is 3. The normalized spacial score (nSPS) is 11.8. The van der Waals surface area contributed by atoms with Gasteiger partial charge < -0.3 is 0 Å². The van der Waals surface area contributed by atoms with Gasteiger partial charge in [-0.2, -0.15) is 13.2 Å². The van der Waals surface area contributed by atoms with E-state index in [0.29, 0.717) is 12.1 Å². The maximum Gasteiger partial charge on any atom is 0.416 e. The third kappa shape index (κ3) is 3.12. The monoisotopic (exact) mass is 284 g/mol. The van der Waals surface area contributed by atoms with Crippen molar-refractivity contribution in [3.8, 4) is 0 Å². The highest BCUT2D eigenvalue weighted by Crippen LogP contribution is 2.29. The van der Waals surface area contributed by atoms with Gasteiger partial charge in [-0.25, -0.2) is 4.79 Å². The molecule has 1 aromatic heterocycles. The lowest BCUT2D eigenvalue weighted by Crippen LogP contribution is -2.24. The maximum atomic E-state index is 12.4. The number of aromatic nitrogens is 2. The van der Waals surface area contributed by atoms with Gasteiger partial charge in [-0.1, -0.05) is 19.1 Å². The molecule has 3 nitrogen and oxygen atoms in total. The Balaban J connectivity index is 2.16. The fraction of sp³-hybridized carbons (Fsp3) is 0.357. The molecule has 108 valence electrons. The molecule has 0 atom stereocenters. The summed E-state index contributed by atoms with van der Waals surface area (Å²) in [7, 11) is 0. The molecule has 0 amide bonds. The second-order valence-electron chi connectivity index (χ2n) is 4.60. The average molecular weight is 284 g/mol. The van der Waals surface area contributed by atoms with E-state index in [2.05, 4.69) is 0 Å². The van der Waals surface area contributed by atoms with Gasteiger partial charge in [-0.3, -0.25) is 9.13 Å². The SMILES string of the molecule is CCCn1ccn(Cc2ccc(C(F)(F)F)cc2)c1=O. The van der Waals surface area contributed by atoms with Crippen molar-refractivity contribution < 1.29 is 13.2 Å². The topological polar surface area (TPSA) is 26.9 Å². The number of halogens is 3. The van der Waals surface area contributed by atoms with Crippen molar-refractivity contribution in [1.82, 2.24) is 9.13 Å². The van der Waals surface area contributed by atoms with E-state index in [1.165, 1.54) is 16.7 Å². The predicted octanol–water partition coefficient (Wildman–Crippen LogP) is 3.13. The Morgan fingerprint density at radius 3 is 2.20 bits per heavy atom. The lowest BCUT2D eigenvalue weighted by molar-refractivity contribution is -0.137.